The van der Waals surface area contributed by atoms with Crippen LogP contribution in [0.5, 0.6) is 0 Å². The average molecular weight is 687 g/mol. The molecule has 0 bridgehead atoms. The van der Waals surface area contributed by atoms with Crippen molar-refractivity contribution >= 4 is 80.9 Å². The second-order valence-corrected chi connectivity index (χ2v) is 15.0. The zero-order chi connectivity index (χ0) is 33.7. The number of fused-ring (bicyclic) bond motifs is 5. The molecule has 10 aromatic rings. The Bertz CT molecular complexity index is 2840. The maximum absolute atomic E-state index is 4.99. The zero-order valence-corrected chi connectivity index (χ0v) is 29.2. The molecule has 0 saturated heterocycles. The third-order valence-corrected chi connectivity index (χ3v) is 11.9. The van der Waals surface area contributed by atoms with Crippen molar-refractivity contribution in [3.8, 4) is 32.8 Å². The molecular formula is C47H30N2S2. The Morgan fingerprint density at radius 3 is 1.65 bits per heavy atom. The second kappa shape index (κ2) is 12.4. The van der Waals surface area contributed by atoms with E-state index in [1.54, 1.807) is 11.3 Å². The van der Waals surface area contributed by atoms with Crippen molar-refractivity contribution < 1.29 is 0 Å². The van der Waals surface area contributed by atoms with Crippen molar-refractivity contribution in [2.75, 3.05) is 4.90 Å². The summed E-state index contributed by atoms with van der Waals surface area (Å²) in [5, 5.41) is 6.13. The van der Waals surface area contributed by atoms with Gasteiger partial charge in [-0.2, -0.15) is 0 Å². The number of nitrogens with zero attached hydrogens (tertiary/aromatic N) is 2. The van der Waals surface area contributed by atoms with Crippen LogP contribution >= 0.6 is 22.7 Å². The first-order chi connectivity index (χ1) is 25.2. The maximum Gasteiger partial charge on any atom is 0.124 e. The van der Waals surface area contributed by atoms with Gasteiger partial charge < -0.3 is 4.90 Å². The molecule has 0 fully saturated rings. The van der Waals surface area contributed by atoms with E-state index in [0.29, 0.717) is 0 Å². The lowest BCUT2D eigenvalue weighted by atomic mass is 10.0. The van der Waals surface area contributed by atoms with Crippen molar-refractivity contribution in [2.24, 2.45) is 0 Å². The molecule has 0 N–H and O–H groups in total. The summed E-state index contributed by atoms with van der Waals surface area (Å²) in [6, 6.07) is 65.7. The molecule has 0 radical (unpaired) electrons. The lowest BCUT2D eigenvalue weighted by Crippen LogP contribution is -2.09. The Kier molecular flexibility index (Phi) is 7.23. The van der Waals surface area contributed by atoms with Crippen LogP contribution in [0.1, 0.15) is 0 Å². The van der Waals surface area contributed by atoms with E-state index in [1.807, 2.05) is 11.3 Å². The van der Waals surface area contributed by atoms with Crippen molar-refractivity contribution in [2.45, 2.75) is 0 Å². The summed E-state index contributed by atoms with van der Waals surface area (Å²) in [6.45, 7) is 0. The van der Waals surface area contributed by atoms with Gasteiger partial charge in [-0.05, 0) is 87.6 Å². The van der Waals surface area contributed by atoms with Gasteiger partial charge in [0.05, 0.1) is 10.2 Å². The van der Waals surface area contributed by atoms with E-state index in [0.717, 1.165) is 27.6 Å². The average Bonchev–Trinajstić information content (AvgIpc) is 3.78. The van der Waals surface area contributed by atoms with Gasteiger partial charge in [0.25, 0.3) is 0 Å². The number of hydrogen-bond acceptors (Lipinski definition) is 4. The van der Waals surface area contributed by atoms with E-state index in [9.17, 15) is 0 Å². The van der Waals surface area contributed by atoms with Crippen LogP contribution in [0.25, 0.3) is 74.0 Å². The summed E-state index contributed by atoms with van der Waals surface area (Å²) in [7, 11) is 0. The summed E-state index contributed by atoms with van der Waals surface area (Å²) in [6.07, 6.45) is 0. The van der Waals surface area contributed by atoms with Crippen LogP contribution in [0.2, 0.25) is 0 Å². The fraction of sp³-hybridized carbons (Fsp3) is 0. The van der Waals surface area contributed by atoms with Gasteiger partial charge in [-0.3, -0.25) is 0 Å². The fourth-order valence-electron chi connectivity index (χ4n) is 7.08. The minimum Gasteiger partial charge on any atom is -0.310 e. The smallest absolute Gasteiger partial charge is 0.124 e. The Morgan fingerprint density at radius 2 is 0.922 bits per heavy atom. The highest BCUT2D eigenvalue weighted by atomic mass is 32.1. The van der Waals surface area contributed by atoms with Crippen LogP contribution in [0.15, 0.2) is 182 Å². The first-order valence-corrected chi connectivity index (χ1v) is 18.7. The quantitative estimate of drug-likeness (QED) is 0.173. The SMILES string of the molecule is c1ccc(-c2ccc(N(c3ccc(-c4ccc5c(c4)sc4cc6nc(-c7ccccc7)sc6cc45)cc3)c3ccc4ccccc4c3)cc2)cc1. The maximum atomic E-state index is 4.99. The molecule has 0 spiro atoms. The lowest BCUT2D eigenvalue weighted by Gasteiger charge is -2.26. The minimum atomic E-state index is 1.07. The third kappa shape index (κ3) is 5.46. The van der Waals surface area contributed by atoms with Crippen LogP contribution in [0.3, 0.4) is 0 Å². The number of benzene rings is 8. The topological polar surface area (TPSA) is 16.1 Å². The molecular weight excluding hydrogens is 657 g/mol. The predicted octanol–water partition coefficient (Wildman–Crippen LogP) is 14.3. The summed E-state index contributed by atoms with van der Waals surface area (Å²) in [5.41, 5.74) is 10.5. The largest absolute Gasteiger partial charge is 0.310 e. The highest BCUT2D eigenvalue weighted by molar-refractivity contribution is 7.26. The number of thiazole rings is 1. The van der Waals surface area contributed by atoms with E-state index in [-0.39, 0.29) is 0 Å². The van der Waals surface area contributed by atoms with Crippen LogP contribution in [0, 0.1) is 0 Å². The molecule has 0 amide bonds. The van der Waals surface area contributed by atoms with Crippen LogP contribution in [-0.2, 0) is 0 Å². The normalized spacial score (nSPS) is 11.5. The predicted molar refractivity (Wildman–Crippen MR) is 221 cm³/mol. The summed E-state index contributed by atoms with van der Waals surface area (Å²) >= 11 is 3.62. The molecule has 0 saturated carbocycles. The number of aromatic nitrogens is 1. The Morgan fingerprint density at radius 1 is 0.353 bits per heavy atom. The van der Waals surface area contributed by atoms with E-state index >= 15 is 0 Å². The van der Waals surface area contributed by atoms with Gasteiger partial charge in [0.1, 0.15) is 5.01 Å². The summed E-state index contributed by atoms with van der Waals surface area (Å²) in [5.74, 6) is 0. The highest BCUT2D eigenvalue weighted by Crippen LogP contribution is 2.42. The van der Waals surface area contributed by atoms with E-state index in [1.165, 1.54) is 63.5 Å². The van der Waals surface area contributed by atoms with E-state index in [2.05, 4.69) is 187 Å². The van der Waals surface area contributed by atoms with E-state index < -0.39 is 0 Å². The molecule has 10 rings (SSSR count). The Hall–Kier alpha value is -6.07. The van der Waals surface area contributed by atoms with Gasteiger partial charge in [0, 0.05) is 42.8 Å². The third-order valence-electron chi connectivity index (χ3n) is 9.68. The molecule has 0 aliphatic carbocycles. The number of hydrogen-bond donors (Lipinski definition) is 0. The minimum absolute atomic E-state index is 1.07. The van der Waals surface area contributed by atoms with Gasteiger partial charge in [-0.1, -0.05) is 127 Å². The van der Waals surface area contributed by atoms with Gasteiger partial charge in [-0.15, -0.1) is 22.7 Å². The van der Waals surface area contributed by atoms with Crippen molar-refractivity contribution in [1.29, 1.82) is 0 Å². The van der Waals surface area contributed by atoms with Crippen LogP contribution in [-0.4, -0.2) is 4.98 Å². The molecule has 0 unspecified atom stereocenters. The first-order valence-electron chi connectivity index (χ1n) is 17.1. The van der Waals surface area contributed by atoms with Gasteiger partial charge in [0.15, 0.2) is 0 Å². The molecule has 0 atom stereocenters. The first kappa shape index (κ1) is 29.8. The zero-order valence-electron chi connectivity index (χ0n) is 27.5. The molecule has 240 valence electrons. The molecule has 8 aromatic carbocycles. The second-order valence-electron chi connectivity index (χ2n) is 12.8. The molecule has 0 aliphatic heterocycles. The lowest BCUT2D eigenvalue weighted by molar-refractivity contribution is 1.29. The van der Waals surface area contributed by atoms with Gasteiger partial charge >= 0.3 is 0 Å². The molecule has 0 aliphatic rings. The highest BCUT2D eigenvalue weighted by Gasteiger charge is 2.15. The molecule has 4 heteroatoms. The van der Waals surface area contributed by atoms with Crippen LogP contribution < -0.4 is 4.90 Å². The fourth-order valence-corrected chi connectivity index (χ4v) is 9.23. The Balaban J connectivity index is 1.00. The number of thiophene rings is 1. The van der Waals surface area contributed by atoms with Crippen molar-refractivity contribution in [3.05, 3.63) is 182 Å². The van der Waals surface area contributed by atoms with Gasteiger partial charge in [0.2, 0.25) is 0 Å². The summed E-state index contributed by atoms with van der Waals surface area (Å²) in [4.78, 5) is 7.34. The summed E-state index contributed by atoms with van der Waals surface area (Å²) < 4.78 is 3.80. The molecule has 2 nitrogen and oxygen atoms in total. The van der Waals surface area contributed by atoms with Crippen molar-refractivity contribution in [3.63, 3.8) is 0 Å². The molecule has 51 heavy (non-hydrogen) atoms. The molecule has 2 aromatic heterocycles. The standard InChI is InChI=1S/C47H30N2S2/c1-3-9-31(10-4-1)33-15-21-38(22-16-33)49(40-25-19-32-11-7-8-14-36(32)27-40)39-23-17-34(18-24-39)37-20-26-41-42-29-46-43(30-45(42)50-44(41)28-37)48-47(51-46)35-12-5-2-6-13-35/h1-30H. The number of anilines is 3. The Labute approximate surface area is 304 Å². The van der Waals surface area contributed by atoms with Gasteiger partial charge in [-0.25, -0.2) is 4.98 Å². The van der Waals surface area contributed by atoms with E-state index in [4.69, 9.17) is 4.98 Å². The molecule has 2 heterocycles. The van der Waals surface area contributed by atoms with Crippen LogP contribution in [0.4, 0.5) is 17.1 Å². The monoisotopic (exact) mass is 686 g/mol. The van der Waals surface area contributed by atoms with Crippen molar-refractivity contribution in [1.82, 2.24) is 4.98 Å². The number of rotatable bonds is 6.